The molecule has 0 amide bonds. The van der Waals surface area contributed by atoms with Crippen molar-refractivity contribution in [2.24, 2.45) is 0 Å². The lowest BCUT2D eigenvalue weighted by molar-refractivity contribution is -0.147. The van der Waals surface area contributed by atoms with E-state index < -0.39 is 5.60 Å². The molecule has 0 radical (unpaired) electrons. The summed E-state index contributed by atoms with van der Waals surface area (Å²) in [7, 11) is 0. The number of carbonyl (C=O) groups is 1. The van der Waals surface area contributed by atoms with Crippen LogP contribution in [0.25, 0.3) is 5.57 Å². The number of rotatable bonds is 5. The van der Waals surface area contributed by atoms with Crippen LogP contribution in [0.5, 0.6) is 0 Å². The van der Waals surface area contributed by atoms with Crippen LogP contribution in [0, 0.1) is 0 Å². The number of carbonyl (C=O) groups excluding carboxylic acids is 1. The largest absolute Gasteiger partial charge is 0.468 e. The fourth-order valence-corrected chi connectivity index (χ4v) is 3.91. The highest BCUT2D eigenvalue weighted by Crippen LogP contribution is 2.49. The van der Waals surface area contributed by atoms with E-state index in [9.17, 15) is 4.79 Å². The second-order valence-corrected chi connectivity index (χ2v) is 6.90. The minimum absolute atomic E-state index is 0.262. The second kappa shape index (κ2) is 6.92. The van der Waals surface area contributed by atoms with Crippen LogP contribution < -0.4 is 0 Å². The molecule has 0 saturated heterocycles. The first-order valence-corrected chi connectivity index (χ1v) is 9.26. The van der Waals surface area contributed by atoms with Gasteiger partial charge in [0.15, 0.2) is 5.60 Å². The van der Waals surface area contributed by atoms with Crippen LogP contribution in [0.4, 0.5) is 0 Å². The summed E-state index contributed by atoms with van der Waals surface area (Å²) in [4.78, 5) is 12.5. The van der Waals surface area contributed by atoms with E-state index >= 15 is 0 Å². The lowest BCUT2D eigenvalue weighted by Gasteiger charge is -2.30. The molecule has 2 aromatic carbocycles. The van der Waals surface area contributed by atoms with E-state index in [0.717, 1.165) is 22.5 Å². The van der Waals surface area contributed by atoms with Crippen molar-refractivity contribution in [3.63, 3.8) is 0 Å². The van der Waals surface area contributed by atoms with Crippen molar-refractivity contribution in [1.29, 1.82) is 0 Å². The fourth-order valence-electron chi connectivity index (χ4n) is 3.91. The average molecular weight is 358 g/mol. The third-order valence-electron chi connectivity index (χ3n) is 5.25. The lowest BCUT2D eigenvalue weighted by atomic mass is 9.80. The fraction of sp³-hybridized carbons (Fsp3) is 0.208. The highest BCUT2D eigenvalue weighted by Gasteiger charge is 2.47. The van der Waals surface area contributed by atoms with Gasteiger partial charge >= 0.3 is 5.97 Å². The molecule has 3 nitrogen and oxygen atoms in total. The predicted octanol–water partition coefficient (Wildman–Crippen LogP) is 5.51. The average Bonchev–Trinajstić information content (AvgIpc) is 3.26. The first kappa shape index (κ1) is 17.3. The number of furan rings is 1. The van der Waals surface area contributed by atoms with Crippen molar-refractivity contribution in [3.8, 4) is 0 Å². The Kier molecular flexibility index (Phi) is 4.44. The third kappa shape index (κ3) is 2.99. The predicted molar refractivity (Wildman–Crippen MR) is 105 cm³/mol. The molecule has 1 aromatic heterocycles. The summed E-state index contributed by atoms with van der Waals surface area (Å²) in [5.74, 6) is 0.607. The summed E-state index contributed by atoms with van der Waals surface area (Å²) < 4.78 is 11.8. The maximum Gasteiger partial charge on any atom is 0.335 e. The van der Waals surface area contributed by atoms with Crippen LogP contribution in [-0.2, 0) is 21.6 Å². The molecule has 0 fully saturated rings. The number of benzene rings is 2. The molecule has 0 spiro atoms. The van der Waals surface area contributed by atoms with Crippen LogP contribution in [0.15, 0.2) is 83.0 Å². The molecule has 3 aromatic rings. The molecular weight excluding hydrogens is 336 g/mol. The van der Waals surface area contributed by atoms with Crippen LogP contribution in [0.2, 0.25) is 0 Å². The van der Waals surface area contributed by atoms with E-state index in [0.29, 0.717) is 18.4 Å². The van der Waals surface area contributed by atoms with Crippen LogP contribution in [-0.4, -0.2) is 5.97 Å². The maximum absolute atomic E-state index is 12.5. The molecule has 0 saturated carbocycles. The molecule has 1 aliphatic rings. The summed E-state index contributed by atoms with van der Waals surface area (Å²) >= 11 is 0. The van der Waals surface area contributed by atoms with Crippen LogP contribution in [0.3, 0.4) is 0 Å². The molecule has 1 unspecified atom stereocenters. The zero-order chi connectivity index (χ0) is 18.9. The van der Waals surface area contributed by atoms with Crippen molar-refractivity contribution in [1.82, 2.24) is 0 Å². The normalized spacial score (nSPS) is 19.4. The number of hydrogen-bond acceptors (Lipinski definition) is 3. The highest BCUT2D eigenvalue weighted by atomic mass is 16.6. The van der Waals surface area contributed by atoms with Gasteiger partial charge in [0, 0.05) is 28.7 Å². The van der Waals surface area contributed by atoms with Crippen LogP contribution in [0.1, 0.15) is 42.7 Å². The molecule has 1 atom stereocenters. The Morgan fingerprint density at radius 3 is 2.30 bits per heavy atom. The van der Waals surface area contributed by atoms with Crippen molar-refractivity contribution in [2.45, 2.75) is 32.3 Å². The van der Waals surface area contributed by atoms with Gasteiger partial charge in [-0.25, -0.2) is 4.79 Å². The third-order valence-corrected chi connectivity index (χ3v) is 5.25. The van der Waals surface area contributed by atoms with Gasteiger partial charge in [-0.2, -0.15) is 0 Å². The van der Waals surface area contributed by atoms with E-state index in [4.69, 9.17) is 9.15 Å². The topological polar surface area (TPSA) is 39.4 Å². The van der Waals surface area contributed by atoms with Crippen molar-refractivity contribution >= 4 is 11.5 Å². The Morgan fingerprint density at radius 1 is 0.963 bits per heavy atom. The molecule has 27 heavy (non-hydrogen) atoms. The Morgan fingerprint density at radius 2 is 1.63 bits per heavy atom. The SMILES string of the molecule is CCC1(c2ccccc2)OC(=O)C(C)=C1c1coc(Cc2ccccc2)c1. The Balaban J connectivity index is 1.75. The quantitative estimate of drug-likeness (QED) is 0.565. The number of esters is 1. The Labute approximate surface area is 159 Å². The molecule has 4 rings (SSSR count). The second-order valence-electron chi connectivity index (χ2n) is 6.90. The molecule has 136 valence electrons. The molecule has 3 heteroatoms. The van der Waals surface area contributed by atoms with Gasteiger partial charge < -0.3 is 9.15 Å². The first-order chi connectivity index (χ1) is 13.1. The van der Waals surface area contributed by atoms with Crippen molar-refractivity contribution in [2.75, 3.05) is 0 Å². The number of hydrogen-bond donors (Lipinski definition) is 0. The van der Waals surface area contributed by atoms with E-state index in [-0.39, 0.29) is 5.97 Å². The van der Waals surface area contributed by atoms with Gasteiger partial charge in [0.1, 0.15) is 5.76 Å². The maximum atomic E-state index is 12.5. The van der Waals surface area contributed by atoms with E-state index in [1.165, 1.54) is 5.56 Å². The summed E-state index contributed by atoms with van der Waals surface area (Å²) in [5, 5.41) is 0. The Bertz CT molecular complexity index is 983. The smallest absolute Gasteiger partial charge is 0.335 e. The molecular formula is C24H22O3. The van der Waals surface area contributed by atoms with Crippen LogP contribution >= 0.6 is 0 Å². The Hall–Kier alpha value is -3.07. The van der Waals surface area contributed by atoms with Gasteiger partial charge in [-0.15, -0.1) is 0 Å². The zero-order valence-corrected chi connectivity index (χ0v) is 15.6. The van der Waals surface area contributed by atoms with E-state index in [1.807, 2.05) is 68.4 Å². The highest BCUT2D eigenvalue weighted by molar-refractivity contribution is 6.04. The molecule has 1 aliphatic heterocycles. The van der Waals surface area contributed by atoms with Gasteiger partial charge in [0.2, 0.25) is 0 Å². The van der Waals surface area contributed by atoms with E-state index in [2.05, 4.69) is 12.1 Å². The minimum Gasteiger partial charge on any atom is -0.468 e. The van der Waals surface area contributed by atoms with E-state index in [1.54, 1.807) is 6.26 Å². The summed E-state index contributed by atoms with van der Waals surface area (Å²) in [6.07, 6.45) is 3.12. The summed E-state index contributed by atoms with van der Waals surface area (Å²) in [5.41, 5.74) is 3.87. The first-order valence-electron chi connectivity index (χ1n) is 9.26. The number of ether oxygens (including phenoxy) is 1. The van der Waals surface area contributed by atoms with Gasteiger partial charge in [0.05, 0.1) is 6.26 Å². The van der Waals surface area contributed by atoms with Crippen molar-refractivity contribution in [3.05, 3.63) is 101 Å². The summed E-state index contributed by atoms with van der Waals surface area (Å²) in [6.45, 7) is 3.88. The molecule has 0 aliphatic carbocycles. The molecule has 0 bridgehead atoms. The lowest BCUT2D eigenvalue weighted by Crippen LogP contribution is -2.27. The molecule has 2 heterocycles. The van der Waals surface area contributed by atoms with Crippen molar-refractivity contribution < 1.29 is 13.9 Å². The monoisotopic (exact) mass is 358 g/mol. The standard InChI is InChI=1S/C24H22O3/c1-3-24(20-12-8-5-9-13-20)22(17(2)23(25)27-24)19-15-21(26-16-19)14-18-10-6-4-7-11-18/h4-13,15-16H,3,14H2,1-2H3. The van der Waals surface area contributed by atoms with Gasteiger partial charge in [-0.05, 0) is 25.0 Å². The summed E-state index contributed by atoms with van der Waals surface area (Å²) in [6, 6.07) is 22.2. The van der Waals surface area contributed by atoms with Gasteiger partial charge in [-0.1, -0.05) is 67.6 Å². The van der Waals surface area contributed by atoms with Gasteiger partial charge in [0.25, 0.3) is 0 Å². The molecule has 0 N–H and O–H groups in total. The van der Waals surface area contributed by atoms with Gasteiger partial charge in [-0.3, -0.25) is 0 Å². The minimum atomic E-state index is -0.768. The number of cyclic esters (lactones) is 1. The zero-order valence-electron chi connectivity index (χ0n) is 15.6.